The van der Waals surface area contributed by atoms with Crippen molar-refractivity contribution in [1.82, 2.24) is 25.0 Å². The van der Waals surface area contributed by atoms with Crippen LogP contribution in [0.4, 0.5) is 0 Å². The maximum absolute atomic E-state index is 4.19. The number of hydrogen-bond acceptors (Lipinski definition) is 4. The predicted octanol–water partition coefficient (Wildman–Crippen LogP) is -0.0828. The summed E-state index contributed by atoms with van der Waals surface area (Å²) in [6, 6.07) is 0.577. The topological polar surface area (TPSA) is 46.0 Å². The average Bonchev–Trinajstić information content (AvgIpc) is 2.50. The van der Waals surface area contributed by atoms with Gasteiger partial charge in [0.05, 0.1) is 6.54 Å². The van der Waals surface area contributed by atoms with Gasteiger partial charge >= 0.3 is 0 Å². The normalized spacial score (nSPS) is 23.3. The molecule has 1 atom stereocenters. The van der Waals surface area contributed by atoms with Gasteiger partial charge < -0.3 is 9.88 Å². The van der Waals surface area contributed by atoms with Crippen molar-refractivity contribution in [3.8, 4) is 0 Å². The van der Waals surface area contributed by atoms with E-state index >= 15 is 0 Å². The van der Waals surface area contributed by atoms with Crippen LogP contribution < -0.4 is 5.32 Å². The van der Waals surface area contributed by atoms with Crippen molar-refractivity contribution in [1.29, 1.82) is 0 Å². The standard InChI is InChI=1S/C10H19N5/c1-8-6-15(5-4-11-8)7-10-13-12-9(2)14(10)3/h8,11H,4-7H2,1-3H3. The lowest BCUT2D eigenvalue weighted by atomic mass is 10.2. The summed E-state index contributed by atoms with van der Waals surface area (Å²) in [5, 5.41) is 11.7. The Kier molecular flexibility index (Phi) is 3.02. The molecular weight excluding hydrogens is 190 g/mol. The van der Waals surface area contributed by atoms with Gasteiger partial charge in [-0.2, -0.15) is 0 Å². The molecule has 0 aromatic carbocycles. The van der Waals surface area contributed by atoms with Crippen LogP contribution >= 0.6 is 0 Å². The highest BCUT2D eigenvalue weighted by Crippen LogP contribution is 2.05. The lowest BCUT2D eigenvalue weighted by molar-refractivity contribution is 0.193. The van der Waals surface area contributed by atoms with Gasteiger partial charge in [0.1, 0.15) is 11.6 Å². The summed E-state index contributed by atoms with van der Waals surface area (Å²) in [6.07, 6.45) is 0. The third kappa shape index (κ3) is 2.35. The van der Waals surface area contributed by atoms with E-state index in [1.54, 1.807) is 0 Å². The van der Waals surface area contributed by atoms with Gasteiger partial charge in [0, 0.05) is 32.7 Å². The number of piperazine rings is 1. The molecule has 1 unspecified atom stereocenters. The average molecular weight is 209 g/mol. The van der Waals surface area contributed by atoms with Crippen molar-refractivity contribution < 1.29 is 0 Å². The summed E-state index contributed by atoms with van der Waals surface area (Å²) in [5.74, 6) is 2.04. The molecule has 2 heterocycles. The fraction of sp³-hybridized carbons (Fsp3) is 0.800. The zero-order valence-corrected chi connectivity index (χ0v) is 9.69. The molecule has 2 rings (SSSR count). The van der Waals surface area contributed by atoms with E-state index < -0.39 is 0 Å². The van der Waals surface area contributed by atoms with Crippen LogP contribution in [0.5, 0.6) is 0 Å². The van der Waals surface area contributed by atoms with Crippen molar-refractivity contribution >= 4 is 0 Å². The summed E-state index contributed by atoms with van der Waals surface area (Å²) in [7, 11) is 2.02. The highest BCUT2D eigenvalue weighted by Gasteiger charge is 2.17. The van der Waals surface area contributed by atoms with Crippen molar-refractivity contribution in [3.63, 3.8) is 0 Å². The third-order valence-electron chi connectivity index (χ3n) is 3.00. The van der Waals surface area contributed by atoms with Gasteiger partial charge in [-0.15, -0.1) is 10.2 Å². The summed E-state index contributed by atoms with van der Waals surface area (Å²) >= 11 is 0. The van der Waals surface area contributed by atoms with Gasteiger partial charge in [-0.25, -0.2) is 0 Å². The molecule has 1 aromatic heterocycles. The summed E-state index contributed by atoms with van der Waals surface area (Å²) in [4.78, 5) is 2.42. The zero-order chi connectivity index (χ0) is 10.8. The largest absolute Gasteiger partial charge is 0.317 e. The molecule has 0 radical (unpaired) electrons. The van der Waals surface area contributed by atoms with Crippen molar-refractivity contribution in [2.75, 3.05) is 19.6 Å². The summed E-state index contributed by atoms with van der Waals surface area (Å²) < 4.78 is 2.06. The first kappa shape index (κ1) is 10.6. The first-order valence-corrected chi connectivity index (χ1v) is 5.47. The highest BCUT2D eigenvalue weighted by molar-refractivity contribution is 4.93. The van der Waals surface area contributed by atoms with Crippen molar-refractivity contribution in [3.05, 3.63) is 11.6 Å². The van der Waals surface area contributed by atoms with E-state index in [9.17, 15) is 0 Å². The molecule has 1 saturated heterocycles. The molecule has 0 amide bonds. The highest BCUT2D eigenvalue weighted by atomic mass is 15.3. The van der Waals surface area contributed by atoms with Crippen LogP contribution in [-0.4, -0.2) is 45.3 Å². The minimum absolute atomic E-state index is 0.577. The molecule has 0 aliphatic carbocycles. The molecule has 0 saturated carbocycles. The third-order valence-corrected chi connectivity index (χ3v) is 3.00. The Morgan fingerprint density at radius 3 is 2.87 bits per heavy atom. The lowest BCUT2D eigenvalue weighted by Crippen LogP contribution is -2.48. The second-order valence-electron chi connectivity index (χ2n) is 4.31. The minimum Gasteiger partial charge on any atom is -0.317 e. The van der Waals surface area contributed by atoms with Crippen LogP contribution in [0, 0.1) is 6.92 Å². The Balaban J connectivity index is 1.99. The maximum Gasteiger partial charge on any atom is 0.146 e. The van der Waals surface area contributed by atoms with Crippen molar-refractivity contribution in [2.45, 2.75) is 26.4 Å². The summed E-state index contributed by atoms with van der Waals surface area (Å²) in [5.41, 5.74) is 0. The quantitative estimate of drug-likeness (QED) is 0.740. The van der Waals surface area contributed by atoms with E-state index in [-0.39, 0.29) is 0 Å². The van der Waals surface area contributed by atoms with Gasteiger partial charge in [0.15, 0.2) is 0 Å². The van der Waals surface area contributed by atoms with Crippen molar-refractivity contribution in [2.24, 2.45) is 7.05 Å². The SMILES string of the molecule is Cc1nnc(CN2CCNC(C)C2)n1C. The van der Waals surface area contributed by atoms with E-state index in [1.165, 1.54) is 0 Å². The second-order valence-corrected chi connectivity index (χ2v) is 4.31. The van der Waals surface area contributed by atoms with Crippen LogP contribution in [0.3, 0.4) is 0 Å². The fourth-order valence-corrected chi connectivity index (χ4v) is 1.94. The second kappa shape index (κ2) is 4.28. The Labute approximate surface area is 90.5 Å². The van der Waals surface area contributed by atoms with Crippen LogP contribution in [0.25, 0.3) is 0 Å². The molecule has 1 aliphatic heterocycles. The van der Waals surface area contributed by atoms with Crippen LogP contribution in [0.15, 0.2) is 0 Å². The van der Waals surface area contributed by atoms with Gasteiger partial charge in [0.2, 0.25) is 0 Å². The molecule has 0 spiro atoms. The Hall–Kier alpha value is -0.940. The fourth-order valence-electron chi connectivity index (χ4n) is 1.94. The first-order valence-electron chi connectivity index (χ1n) is 5.47. The molecule has 1 aliphatic rings. The van der Waals surface area contributed by atoms with E-state index in [4.69, 9.17) is 0 Å². The molecule has 5 nitrogen and oxygen atoms in total. The molecule has 1 aromatic rings. The Morgan fingerprint density at radius 1 is 1.47 bits per heavy atom. The van der Waals surface area contributed by atoms with Gasteiger partial charge in [0.25, 0.3) is 0 Å². The lowest BCUT2D eigenvalue weighted by Gasteiger charge is -2.31. The van der Waals surface area contributed by atoms with E-state index in [0.29, 0.717) is 6.04 Å². The van der Waals surface area contributed by atoms with Crippen LogP contribution in [0.1, 0.15) is 18.6 Å². The van der Waals surface area contributed by atoms with Gasteiger partial charge in [-0.3, -0.25) is 4.90 Å². The van der Waals surface area contributed by atoms with E-state index in [2.05, 4.69) is 31.9 Å². The molecule has 84 valence electrons. The van der Waals surface area contributed by atoms with Crippen LogP contribution in [-0.2, 0) is 13.6 Å². The molecule has 15 heavy (non-hydrogen) atoms. The Bertz CT molecular complexity index is 333. The molecule has 1 N–H and O–H groups in total. The number of hydrogen-bond donors (Lipinski definition) is 1. The molecule has 5 heteroatoms. The monoisotopic (exact) mass is 209 g/mol. The van der Waals surface area contributed by atoms with Gasteiger partial charge in [-0.05, 0) is 13.8 Å². The number of aryl methyl sites for hydroxylation is 1. The number of nitrogens with zero attached hydrogens (tertiary/aromatic N) is 4. The molecule has 0 bridgehead atoms. The molecular formula is C10H19N5. The van der Waals surface area contributed by atoms with E-state index in [1.807, 2.05) is 14.0 Å². The summed E-state index contributed by atoms with van der Waals surface area (Å²) in [6.45, 7) is 8.36. The van der Waals surface area contributed by atoms with E-state index in [0.717, 1.165) is 37.8 Å². The first-order chi connectivity index (χ1) is 7.16. The maximum atomic E-state index is 4.19. The Morgan fingerprint density at radius 2 is 2.27 bits per heavy atom. The smallest absolute Gasteiger partial charge is 0.146 e. The number of aromatic nitrogens is 3. The minimum atomic E-state index is 0.577. The van der Waals surface area contributed by atoms with Gasteiger partial charge in [-0.1, -0.05) is 0 Å². The predicted molar refractivity (Wildman–Crippen MR) is 58.5 cm³/mol. The number of rotatable bonds is 2. The molecule has 1 fully saturated rings. The number of nitrogens with one attached hydrogen (secondary N) is 1. The zero-order valence-electron chi connectivity index (χ0n) is 9.69. The van der Waals surface area contributed by atoms with Crippen LogP contribution in [0.2, 0.25) is 0 Å².